The maximum absolute atomic E-state index is 12.5. The van der Waals surface area contributed by atoms with Gasteiger partial charge in [-0.3, -0.25) is 4.79 Å². The molecule has 1 aliphatic rings. The van der Waals surface area contributed by atoms with Gasteiger partial charge in [0.1, 0.15) is 0 Å². The van der Waals surface area contributed by atoms with Crippen molar-refractivity contribution in [3.8, 4) is 0 Å². The van der Waals surface area contributed by atoms with Crippen LogP contribution in [0.1, 0.15) is 26.2 Å². The lowest BCUT2D eigenvalue weighted by Gasteiger charge is -2.26. The van der Waals surface area contributed by atoms with Crippen LogP contribution in [0.5, 0.6) is 0 Å². The highest BCUT2D eigenvalue weighted by Crippen LogP contribution is 2.26. The Kier molecular flexibility index (Phi) is 3.24. The summed E-state index contributed by atoms with van der Waals surface area (Å²) in [5.74, 6) is 0.0800. The number of aromatic nitrogens is 1. The molecule has 1 unspecified atom stereocenters. The van der Waals surface area contributed by atoms with Crippen LogP contribution in [0.4, 0.5) is 5.69 Å². The summed E-state index contributed by atoms with van der Waals surface area (Å²) in [4.78, 5) is 16.7. The fraction of sp³-hybridized carbons (Fsp3) is 0.429. The van der Waals surface area contributed by atoms with Crippen molar-refractivity contribution < 1.29 is 4.79 Å². The molecular formula is C14H17N3OS. The third-order valence-electron chi connectivity index (χ3n) is 3.87. The first-order chi connectivity index (χ1) is 9.23. The minimum atomic E-state index is -0.386. The van der Waals surface area contributed by atoms with E-state index in [1.165, 1.54) is 0 Å². The minimum Gasteiger partial charge on any atom is -0.324 e. The maximum Gasteiger partial charge on any atom is 0.244 e. The number of hydrogen-bond acceptors (Lipinski definition) is 4. The molecule has 0 saturated carbocycles. The second-order valence-corrected chi connectivity index (χ2v) is 5.84. The topological polar surface area (TPSA) is 54.0 Å². The van der Waals surface area contributed by atoms with Gasteiger partial charge in [0.25, 0.3) is 0 Å². The number of thiazole rings is 1. The Balaban J connectivity index is 1.81. The van der Waals surface area contributed by atoms with Gasteiger partial charge in [0.2, 0.25) is 5.91 Å². The van der Waals surface area contributed by atoms with Crippen molar-refractivity contribution in [1.29, 1.82) is 0 Å². The minimum absolute atomic E-state index is 0.0800. The Hall–Kier alpha value is -1.46. The van der Waals surface area contributed by atoms with Crippen molar-refractivity contribution in [2.75, 3.05) is 11.9 Å². The molecule has 1 fully saturated rings. The molecule has 1 atom stereocenters. The number of hydrogen-bond donors (Lipinski definition) is 2. The van der Waals surface area contributed by atoms with E-state index < -0.39 is 0 Å². The molecule has 2 aromatic rings. The first-order valence-corrected chi connectivity index (χ1v) is 7.51. The lowest BCUT2D eigenvalue weighted by atomic mass is 9.93. The summed E-state index contributed by atoms with van der Waals surface area (Å²) >= 11 is 1.59. The van der Waals surface area contributed by atoms with E-state index in [1.54, 1.807) is 11.3 Å². The summed E-state index contributed by atoms with van der Waals surface area (Å²) in [5, 5.41) is 6.39. The van der Waals surface area contributed by atoms with E-state index >= 15 is 0 Å². The van der Waals surface area contributed by atoms with Crippen LogP contribution in [0.25, 0.3) is 10.2 Å². The molecule has 0 aliphatic carbocycles. The van der Waals surface area contributed by atoms with E-state index in [4.69, 9.17) is 0 Å². The molecule has 1 saturated heterocycles. The predicted octanol–water partition coefficient (Wildman–Crippen LogP) is 2.77. The zero-order valence-electron chi connectivity index (χ0n) is 10.9. The number of nitrogens with one attached hydrogen (secondary N) is 2. The molecule has 3 rings (SSSR count). The molecule has 5 heteroatoms. The molecule has 100 valence electrons. The highest BCUT2D eigenvalue weighted by Gasteiger charge is 2.39. The highest BCUT2D eigenvalue weighted by atomic mass is 32.1. The predicted molar refractivity (Wildman–Crippen MR) is 78.5 cm³/mol. The van der Waals surface area contributed by atoms with Gasteiger partial charge in [-0.05, 0) is 44.0 Å². The van der Waals surface area contributed by atoms with E-state index in [0.29, 0.717) is 0 Å². The summed E-state index contributed by atoms with van der Waals surface area (Å²) in [6, 6.07) is 5.85. The molecule has 1 amide bonds. The average molecular weight is 275 g/mol. The number of amides is 1. The van der Waals surface area contributed by atoms with Crippen molar-refractivity contribution in [2.24, 2.45) is 0 Å². The molecule has 1 aromatic carbocycles. The van der Waals surface area contributed by atoms with Gasteiger partial charge >= 0.3 is 0 Å². The SMILES string of the molecule is CCC1(C(=O)Nc2ccc3ncsc3c2)CCCN1. The quantitative estimate of drug-likeness (QED) is 0.905. The van der Waals surface area contributed by atoms with Gasteiger partial charge in [-0.1, -0.05) is 6.92 Å². The molecule has 1 aliphatic heterocycles. The van der Waals surface area contributed by atoms with Crippen LogP contribution in [0.15, 0.2) is 23.7 Å². The summed E-state index contributed by atoms with van der Waals surface area (Å²) in [7, 11) is 0. The third-order valence-corrected chi connectivity index (χ3v) is 4.66. The normalized spacial score (nSPS) is 22.8. The molecule has 0 spiro atoms. The molecule has 2 N–H and O–H groups in total. The molecule has 2 heterocycles. The van der Waals surface area contributed by atoms with Gasteiger partial charge in [0, 0.05) is 5.69 Å². The van der Waals surface area contributed by atoms with Gasteiger partial charge < -0.3 is 10.6 Å². The van der Waals surface area contributed by atoms with Gasteiger partial charge in [-0.15, -0.1) is 11.3 Å². The largest absolute Gasteiger partial charge is 0.324 e. The Bertz CT molecular complexity index is 602. The van der Waals surface area contributed by atoms with Gasteiger partial charge in [0.15, 0.2) is 0 Å². The van der Waals surface area contributed by atoms with Crippen LogP contribution in [-0.4, -0.2) is 23.0 Å². The Morgan fingerprint density at radius 2 is 2.47 bits per heavy atom. The first kappa shape index (κ1) is 12.6. The van der Waals surface area contributed by atoms with Crippen molar-refractivity contribution in [2.45, 2.75) is 31.7 Å². The number of nitrogens with zero attached hydrogens (tertiary/aromatic N) is 1. The summed E-state index contributed by atoms with van der Waals surface area (Å²) in [6.07, 6.45) is 2.80. The molecule has 4 nitrogen and oxygen atoms in total. The maximum atomic E-state index is 12.5. The van der Waals surface area contributed by atoms with Crippen molar-refractivity contribution in [3.63, 3.8) is 0 Å². The lowest BCUT2D eigenvalue weighted by Crippen LogP contribution is -2.50. The Morgan fingerprint density at radius 3 is 3.21 bits per heavy atom. The van der Waals surface area contributed by atoms with Crippen LogP contribution >= 0.6 is 11.3 Å². The second-order valence-electron chi connectivity index (χ2n) is 4.95. The summed E-state index contributed by atoms with van der Waals surface area (Å²) in [6.45, 7) is 2.99. The van der Waals surface area contributed by atoms with E-state index in [1.807, 2.05) is 23.7 Å². The standard InChI is InChI=1S/C14H17N3OS/c1-2-14(6-3-7-16-14)13(18)17-10-4-5-11-12(8-10)19-9-15-11/h4-5,8-9,16H,2-3,6-7H2,1H3,(H,17,18). The van der Waals surface area contributed by atoms with Gasteiger partial charge in [-0.2, -0.15) is 0 Å². The number of benzene rings is 1. The molecule has 0 radical (unpaired) electrons. The lowest BCUT2D eigenvalue weighted by molar-refractivity contribution is -0.122. The van der Waals surface area contributed by atoms with Crippen molar-refractivity contribution >= 4 is 33.1 Å². The van der Waals surface area contributed by atoms with Crippen LogP contribution < -0.4 is 10.6 Å². The number of fused-ring (bicyclic) bond motifs is 1. The van der Waals surface area contributed by atoms with E-state index in [0.717, 1.165) is 41.7 Å². The third kappa shape index (κ3) is 2.24. The van der Waals surface area contributed by atoms with E-state index in [9.17, 15) is 4.79 Å². The van der Waals surface area contributed by atoms with Crippen LogP contribution in [-0.2, 0) is 4.79 Å². The van der Waals surface area contributed by atoms with E-state index in [-0.39, 0.29) is 11.4 Å². The number of carbonyl (C=O) groups is 1. The Morgan fingerprint density at radius 1 is 1.58 bits per heavy atom. The van der Waals surface area contributed by atoms with Crippen LogP contribution in [0.3, 0.4) is 0 Å². The van der Waals surface area contributed by atoms with Gasteiger partial charge in [0.05, 0.1) is 21.3 Å². The summed E-state index contributed by atoms with van der Waals surface area (Å²) in [5.41, 5.74) is 3.26. The fourth-order valence-corrected chi connectivity index (χ4v) is 3.36. The number of anilines is 1. The van der Waals surface area contributed by atoms with Gasteiger partial charge in [-0.25, -0.2) is 4.98 Å². The molecule has 1 aromatic heterocycles. The fourth-order valence-electron chi connectivity index (χ4n) is 2.65. The number of carbonyl (C=O) groups excluding carboxylic acids is 1. The van der Waals surface area contributed by atoms with E-state index in [2.05, 4.69) is 22.5 Å². The Labute approximate surface area is 116 Å². The van der Waals surface area contributed by atoms with Crippen molar-refractivity contribution in [1.82, 2.24) is 10.3 Å². The second kappa shape index (κ2) is 4.90. The molecule has 0 bridgehead atoms. The summed E-state index contributed by atoms with van der Waals surface area (Å²) < 4.78 is 1.10. The molecular weight excluding hydrogens is 258 g/mol. The smallest absolute Gasteiger partial charge is 0.244 e. The highest BCUT2D eigenvalue weighted by molar-refractivity contribution is 7.16. The molecule has 19 heavy (non-hydrogen) atoms. The monoisotopic (exact) mass is 275 g/mol. The van der Waals surface area contributed by atoms with Crippen molar-refractivity contribution in [3.05, 3.63) is 23.7 Å². The average Bonchev–Trinajstić information content (AvgIpc) is 3.07. The zero-order valence-corrected chi connectivity index (χ0v) is 11.7. The number of rotatable bonds is 3. The zero-order chi connectivity index (χ0) is 13.3. The van der Waals surface area contributed by atoms with Crippen LogP contribution in [0.2, 0.25) is 0 Å². The van der Waals surface area contributed by atoms with Crippen LogP contribution in [0, 0.1) is 0 Å². The first-order valence-electron chi connectivity index (χ1n) is 6.63.